The van der Waals surface area contributed by atoms with E-state index in [2.05, 4.69) is 4.74 Å². The van der Waals surface area contributed by atoms with E-state index in [1.165, 1.54) is 7.11 Å². The highest BCUT2D eigenvalue weighted by atomic mass is 16.5. The van der Waals surface area contributed by atoms with Gasteiger partial charge in [0.1, 0.15) is 0 Å². The number of aliphatic hydroxyl groups excluding tert-OH is 1. The Balaban J connectivity index is 2.39. The molecule has 1 aromatic rings. The van der Waals surface area contributed by atoms with Crippen LogP contribution in [0, 0.1) is 0 Å². The van der Waals surface area contributed by atoms with Gasteiger partial charge in [-0.1, -0.05) is 24.3 Å². The zero-order valence-electron chi connectivity index (χ0n) is 7.93. The summed E-state index contributed by atoms with van der Waals surface area (Å²) in [7, 11) is 1.37. The SMILES string of the molecule is COC(=O)[C@H]1C[C@@H](O)c2ccccc21. The van der Waals surface area contributed by atoms with Crippen LogP contribution < -0.4 is 0 Å². The molecule has 0 saturated heterocycles. The number of carbonyl (C=O) groups is 1. The molecular formula is C11H12O3. The number of hydrogen-bond donors (Lipinski definition) is 1. The average Bonchev–Trinajstić information content (AvgIpc) is 2.56. The van der Waals surface area contributed by atoms with E-state index in [9.17, 15) is 9.90 Å². The molecule has 1 N–H and O–H groups in total. The van der Waals surface area contributed by atoms with Crippen LogP contribution in [-0.4, -0.2) is 18.2 Å². The van der Waals surface area contributed by atoms with Gasteiger partial charge in [0.2, 0.25) is 0 Å². The first-order valence-electron chi connectivity index (χ1n) is 4.58. The summed E-state index contributed by atoms with van der Waals surface area (Å²) >= 11 is 0. The molecular weight excluding hydrogens is 180 g/mol. The lowest BCUT2D eigenvalue weighted by Gasteiger charge is -2.07. The molecule has 0 fully saturated rings. The topological polar surface area (TPSA) is 46.5 Å². The molecule has 0 bridgehead atoms. The number of aliphatic hydroxyl groups is 1. The Morgan fingerprint density at radius 3 is 2.71 bits per heavy atom. The van der Waals surface area contributed by atoms with E-state index < -0.39 is 6.10 Å². The minimum atomic E-state index is -0.532. The summed E-state index contributed by atoms with van der Waals surface area (Å²) in [5, 5.41) is 9.69. The highest BCUT2D eigenvalue weighted by Crippen LogP contribution is 2.40. The number of methoxy groups -OCH3 is 1. The van der Waals surface area contributed by atoms with Crippen LogP contribution in [0.3, 0.4) is 0 Å². The molecule has 3 nitrogen and oxygen atoms in total. The molecule has 0 unspecified atom stereocenters. The van der Waals surface area contributed by atoms with Crippen LogP contribution in [0.4, 0.5) is 0 Å². The Hall–Kier alpha value is -1.35. The van der Waals surface area contributed by atoms with Crippen LogP contribution in [0.5, 0.6) is 0 Å². The Bertz CT molecular complexity index is 359. The number of rotatable bonds is 1. The average molecular weight is 192 g/mol. The van der Waals surface area contributed by atoms with Crippen LogP contribution >= 0.6 is 0 Å². The molecule has 2 atom stereocenters. The molecule has 1 aliphatic rings. The molecule has 0 spiro atoms. The second-order valence-corrected chi connectivity index (χ2v) is 3.46. The Kier molecular flexibility index (Phi) is 2.25. The predicted octanol–water partition coefficient (Wildman–Crippen LogP) is 1.38. The van der Waals surface area contributed by atoms with Crippen molar-refractivity contribution in [1.82, 2.24) is 0 Å². The van der Waals surface area contributed by atoms with Gasteiger partial charge in [-0.2, -0.15) is 0 Å². The molecule has 2 rings (SSSR count). The van der Waals surface area contributed by atoms with Crippen molar-refractivity contribution in [3.05, 3.63) is 35.4 Å². The Morgan fingerprint density at radius 2 is 2.07 bits per heavy atom. The van der Waals surface area contributed by atoms with E-state index in [-0.39, 0.29) is 11.9 Å². The van der Waals surface area contributed by atoms with Gasteiger partial charge in [-0.25, -0.2) is 0 Å². The first-order valence-corrected chi connectivity index (χ1v) is 4.58. The van der Waals surface area contributed by atoms with E-state index in [1.807, 2.05) is 24.3 Å². The first-order chi connectivity index (χ1) is 6.74. The fourth-order valence-corrected chi connectivity index (χ4v) is 1.97. The van der Waals surface area contributed by atoms with E-state index in [0.717, 1.165) is 11.1 Å². The highest BCUT2D eigenvalue weighted by Gasteiger charge is 2.34. The third-order valence-corrected chi connectivity index (χ3v) is 2.68. The number of fused-ring (bicyclic) bond motifs is 1. The maximum atomic E-state index is 11.4. The number of ether oxygens (including phenoxy) is 1. The fourth-order valence-electron chi connectivity index (χ4n) is 1.97. The quantitative estimate of drug-likeness (QED) is 0.684. The van der Waals surface area contributed by atoms with Gasteiger partial charge < -0.3 is 9.84 Å². The van der Waals surface area contributed by atoms with Crippen LogP contribution in [0.25, 0.3) is 0 Å². The van der Waals surface area contributed by atoms with Gasteiger partial charge in [0.05, 0.1) is 19.1 Å². The van der Waals surface area contributed by atoms with Crippen molar-refractivity contribution in [2.45, 2.75) is 18.4 Å². The van der Waals surface area contributed by atoms with Gasteiger partial charge in [-0.3, -0.25) is 4.79 Å². The van der Waals surface area contributed by atoms with Crippen LogP contribution in [0.1, 0.15) is 29.6 Å². The molecule has 0 amide bonds. The maximum absolute atomic E-state index is 11.4. The summed E-state index contributed by atoms with van der Waals surface area (Å²) in [4.78, 5) is 11.4. The Morgan fingerprint density at radius 1 is 1.43 bits per heavy atom. The second kappa shape index (κ2) is 3.42. The first kappa shape index (κ1) is 9.21. The van der Waals surface area contributed by atoms with Crippen molar-refractivity contribution in [2.75, 3.05) is 7.11 Å². The van der Waals surface area contributed by atoms with Crippen molar-refractivity contribution < 1.29 is 14.6 Å². The van der Waals surface area contributed by atoms with Gasteiger partial charge in [-0.05, 0) is 17.5 Å². The molecule has 1 aromatic carbocycles. The largest absolute Gasteiger partial charge is 0.469 e. The molecule has 0 aromatic heterocycles. The number of esters is 1. The lowest BCUT2D eigenvalue weighted by atomic mass is 10.0. The lowest BCUT2D eigenvalue weighted by Crippen LogP contribution is -2.11. The minimum absolute atomic E-state index is 0.269. The Labute approximate surface area is 82.3 Å². The summed E-state index contributed by atoms with van der Waals surface area (Å²) < 4.78 is 4.69. The summed E-state index contributed by atoms with van der Waals surface area (Å²) in [5.74, 6) is -0.569. The van der Waals surface area contributed by atoms with Gasteiger partial charge >= 0.3 is 5.97 Å². The van der Waals surface area contributed by atoms with Crippen LogP contribution in [0.15, 0.2) is 24.3 Å². The lowest BCUT2D eigenvalue weighted by molar-refractivity contribution is -0.142. The molecule has 3 heteroatoms. The predicted molar refractivity (Wildman–Crippen MR) is 50.8 cm³/mol. The number of carbonyl (C=O) groups excluding carboxylic acids is 1. The standard InChI is InChI=1S/C11H12O3/c1-14-11(13)9-6-10(12)8-5-3-2-4-7(8)9/h2-5,9-10,12H,6H2,1H3/t9-,10+/m0/s1. The van der Waals surface area contributed by atoms with E-state index in [0.29, 0.717) is 6.42 Å². The van der Waals surface area contributed by atoms with E-state index in [1.54, 1.807) is 0 Å². The second-order valence-electron chi connectivity index (χ2n) is 3.46. The molecule has 0 radical (unpaired) electrons. The van der Waals surface area contributed by atoms with Crippen molar-refractivity contribution >= 4 is 5.97 Å². The van der Waals surface area contributed by atoms with Crippen LogP contribution in [0.2, 0.25) is 0 Å². The summed E-state index contributed by atoms with van der Waals surface area (Å²) in [5.41, 5.74) is 1.75. The van der Waals surface area contributed by atoms with Crippen molar-refractivity contribution in [1.29, 1.82) is 0 Å². The van der Waals surface area contributed by atoms with E-state index >= 15 is 0 Å². The molecule has 0 aliphatic heterocycles. The zero-order valence-corrected chi connectivity index (χ0v) is 7.93. The molecule has 0 saturated carbocycles. The number of benzene rings is 1. The molecule has 74 valence electrons. The summed E-state index contributed by atoms with van der Waals surface area (Å²) in [6, 6.07) is 7.45. The summed E-state index contributed by atoms with van der Waals surface area (Å²) in [6.45, 7) is 0. The van der Waals surface area contributed by atoms with Gasteiger partial charge in [0, 0.05) is 0 Å². The fraction of sp³-hybridized carbons (Fsp3) is 0.364. The highest BCUT2D eigenvalue weighted by molar-refractivity contribution is 5.79. The smallest absolute Gasteiger partial charge is 0.313 e. The van der Waals surface area contributed by atoms with Crippen molar-refractivity contribution in [3.63, 3.8) is 0 Å². The third-order valence-electron chi connectivity index (χ3n) is 2.68. The van der Waals surface area contributed by atoms with Crippen LogP contribution in [-0.2, 0) is 9.53 Å². The summed E-state index contributed by atoms with van der Waals surface area (Å²) in [6.07, 6.45) is -0.0956. The van der Waals surface area contributed by atoms with Crippen molar-refractivity contribution in [3.8, 4) is 0 Å². The van der Waals surface area contributed by atoms with E-state index in [4.69, 9.17) is 0 Å². The monoisotopic (exact) mass is 192 g/mol. The van der Waals surface area contributed by atoms with Crippen molar-refractivity contribution in [2.24, 2.45) is 0 Å². The van der Waals surface area contributed by atoms with Gasteiger partial charge in [-0.15, -0.1) is 0 Å². The minimum Gasteiger partial charge on any atom is -0.469 e. The van der Waals surface area contributed by atoms with Gasteiger partial charge in [0.25, 0.3) is 0 Å². The van der Waals surface area contributed by atoms with Gasteiger partial charge in [0.15, 0.2) is 0 Å². The normalized spacial score (nSPS) is 24.4. The molecule has 0 heterocycles. The third kappa shape index (κ3) is 1.30. The maximum Gasteiger partial charge on any atom is 0.313 e. The molecule has 1 aliphatic carbocycles. The molecule has 14 heavy (non-hydrogen) atoms. The zero-order chi connectivity index (χ0) is 10.1. The number of hydrogen-bond acceptors (Lipinski definition) is 3.